The Morgan fingerprint density at radius 3 is 2.55 bits per heavy atom. The van der Waals surface area contributed by atoms with E-state index in [2.05, 4.69) is 62.0 Å². The summed E-state index contributed by atoms with van der Waals surface area (Å²) in [6.07, 6.45) is 6.31. The van der Waals surface area contributed by atoms with Crippen LogP contribution in [0.4, 0.5) is 0 Å². The highest BCUT2D eigenvalue weighted by Crippen LogP contribution is 2.26. The third-order valence-electron chi connectivity index (χ3n) is 6.12. The van der Waals surface area contributed by atoms with Gasteiger partial charge in [0.15, 0.2) is 5.96 Å². The van der Waals surface area contributed by atoms with Gasteiger partial charge in [-0.25, -0.2) is 0 Å². The first-order valence-corrected chi connectivity index (χ1v) is 11.6. The molecule has 2 aromatic carbocycles. The number of likely N-dealkylation sites (tertiary alicyclic amines) is 1. The summed E-state index contributed by atoms with van der Waals surface area (Å²) in [4.78, 5) is 7.00. The van der Waals surface area contributed by atoms with Crippen LogP contribution in [0.15, 0.2) is 72.0 Å². The number of aromatic nitrogens is 2. The first kappa shape index (κ1) is 22.9. The minimum Gasteiger partial charge on any atom is -0.497 e. The van der Waals surface area contributed by atoms with Gasteiger partial charge in [0, 0.05) is 32.5 Å². The molecule has 174 valence electrons. The Morgan fingerprint density at radius 2 is 1.85 bits per heavy atom. The molecule has 0 amide bonds. The fourth-order valence-electron chi connectivity index (χ4n) is 4.36. The maximum atomic E-state index is 5.34. The van der Waals surface area contributed by atoms with Crippen LogP contribution in [-0.2, 0) is 13.1 Å². The Labute approximate surface area is 196 Å². The van der Waals surface area contributed by atoms with E-state index in [-0.39, 0.29) is 0 Å². The van der Waals surface area contributed by atoms with E-state index in [0.29, 0.717) is 12.6 Å². The van der Waals surface area contributed by atoms with Crippen molar-refractivity contribution in [2.45, 2.75) is 32.0 Å². The van der Waals surface area contributed by atoms with Crippen molar-refractivity contribution in [3.63, 3.8) is 0 Å². The molecule has 0 bridgehead atoms. The van der Waals surface area contributed by atoms with Crippen molar-refractivity contribution in [2.75, 3.05) is 33.8 Å². The van der Waals surface area contributed by atoms with Crippen LogP contribution in [0.25, 0.3) is 0 Å². The van der Waals surface area contributed by atoms with E-state index >= 15 is 0 Å². The van der Waals surface area contributed by atoms with E-state index in [1.54, 1.807) is 7.11 Å². The smallest absolute Gasteiger partial charge is 0.191 e. The molecule has 4 rings (SSSR count). The summed E-state index contributed by atoms with van der Waals surface area (Å²) in [5.74, 6) is 1.70. The summed E-state index contributed by atoms with van der Waals surface area (Å²) < 4.78 is 7.27. The minimum absolute atomic E-state index is 0.300. The normalized spacial score (nSPS) is 15.4. The van der Waals surface area contributed by atoms with Gasteiger partial charge in [0.25, 0.3) is 0 Å². The lowest BCUT2D eigenvalue weighted by molar-refractivity contribution is 0.245. The number of nitrogens with zero attached hydrogens (tertiary/aromatic N) is 4. The molecule has 1 atom stereocenters. The molecule has 0 aliphatic carbocycles. The Morgan fingerprint density at radius 1 is 1.06 bits per heavy atom. The number of guanidine groups is 1. The molecule has 1 fully saturated rings. The van der Waals surface area contributed by atoms with E-state index in [1.807, 2.05) is 42.3 Å². The second kappa shape index (κ2) is 11.5. The average molecular weight is 447 g/mol. The second-order valence-electron chi connectivity index (χ2n) is 8.36. The van der Waals surface area contributed by atoms with Crippen molar-refractivity contribution >= 4 is 5.96 Å². The molecule has 1 unspecified atom stereocenters. The van der Waals surface area contributed by atoms with Gasteiger partial charge in [0.2, 0.25) is 0 Å². The van der Waals surface area contributed by atoms with Crippen LogP contribution in [0.2, 0.25) is 0 Å². The van der Waals surface area contributed by atoms with Crippen LogP contribution < -0.4 is 15.4 Å². The van der Waals surface area contributed by atoms with Crippen molar-refractivity contribution < 1.29 is 4.74 Å². The van der Waals surface area contributed by atoms with Crippen molar-refractivity contribution in [3.05, 3.63) is 83.7 Å². The Balaban J connectivity index is 1.35. The van der Waals surface area contributed by atoms with Gasteiger partial charge in [-0.15, -0.1) is 0 Å². The molecule has 33 heavy (non-hydrogen) atoms. The highest BCUT2D eigenvalue weighted by atomic mass is 16.5. The molecule has 0 saturated carbocycles. The van der Waals surface area contributed by atoms with Gasteiger partial charge in [-0.1, -0.05) is 36.4 Å². The van der Waals surface area contributed by atoms with Gasteiger partial charge >= 0.3 is 0 Å². The molecule has 1 aromatic heterocycles. The second-order valence-corrected chi connectivity index (χ2v) is 8.36. The van der Waals surface area contributed by atoms with Crippen LogP contribution in [-0.4, -0.2) is 54.4 Å². The Bertz CT molecular complexity index is 1010. The topological polar surface area (TPSA) is 66.7 Å². The highest BCUT2D eigenvalue weighted by molar-refractivity contribution is 5.79. The number of rotatable bonds is 9. The lowest BCUT2D eigenvalue weighted by atomic mass is 10.1. The third kappa shape index (κ3) is 6.35. The van der Waals surface area contributed by atoms with Crippen LogP contribution in [0.5, 0.6) is 5.75 Å². The predicted octanol–water partition coefficient (Wildman–Crippen LogP) is 3.44. The maximum absolute atomic E-state index is 5.34. The number of aliphatic imine (C=N–C) groups is 1. The van der Waals surface area contributed by atoms with E-state index in [9.17, 15) is 0 Å². The predicted molar refractivity (Wildman–Crippen MR) is 133 cm³/mol. The van der Waals surface area contributed by atoms with Gasteiger partial charge in [-0.05, 0) is 60.8 Å². The number of methoxy groups -OCH3 is 1. The molecule has 1 aliphatic rings. The largest absolute Gasteiger partial charge is 0.497 e. The fourth-order valence-corrected chi connectivity index (χ4v) is 4.36. The zero-order valence-electron chi connectivity index (χ0n) is 19.6. The quantitative estimate of drug-likeness (QED) is 0.389. The number of hydrogen-bond acceptors (Lipinski definition) is 4. The number of ether oxygens (including phenoxy) is 1. The van der Waals surface area contributed by atoms with Crippen LogP contribution in [0, 0.1) is 0 Å². The monoisotopic (exact) mass is 446 g/mol. The Kier molecular flexibility index (Phi) is 7.98. The molecule has 7 heteroatoms. The van der Waals surface area contributed by atoms with E-state index < -0.39 is 0 Å². The number of benzene rings is 2. The third-order valence-corrected chi connectivity index (χ3v) is 6.12. The number of nitrogens with one attached hydrogen (secondary N) is 2. The zero-order chi connectivity index (χ0) is 22.9. The molecule has 1 saturated heterocycles. The van der Waals surface area contributed by atoms with Crippen molar-refractivity contribution in [1.29, 1.82) is 0 Å². The molecule has 1 aliphatic heterocycles. The molecule has 3 aromatic rings. The van der Waals surface area contributed by atoms with Gasteiger partial charge in [-0.2, -0.15) is 5.10 Å². The lowest BCUT2D eigenvalue weighted by Gasteiger charge is -2.29. The van der Waals surface area contributed by atoms with Gasteiger partial charge < -0.3 is 15.4 Å². The SMILES string of the molecule is CN=C(NCc1cccc(Cn2cccn2)c1)NCC(c1ccc(OC)cc1)N1CCCC1. The lowest BCUT2D eigenvalue weighted by Crippen LogP contribution is -2.42. The summed E-state index contributed by atoms with van der Waals surface area (Å²) in [5.41, 5.74) is 3.75. The average Bonchev–Trinajstić information content (AvgIpc) is 3.57. The fraction of sp³-hybridized carbons (Fsp3) is 0.385. The maximum Gasteiger partial charge on any atom is 0.191 e. The highest BCUT2D eigenvalue weighted by Gasteiger charge is 2.23. The Hall–Kier alpha value is -3.32. The molecule has 0 spiro atoms. The molecular weight excluding hydrogens is 412 g/mol. The van der Waals surface area contributed by atoms with Gasteiger partial charge in [-0.3, -0.25) is 14.6 Å². The summed E-state index contributed by atoms with van der Waals surface area (Å²) in [6, 6.07) is 19.3. The van der Waals surface area contributed by atoms with Crippen LogP contribution in [0.1, 0.15) is 35.6 Å². The van der Waals surface area contributed by atoms with Crippen LogP contribution in [0.3, 0.4) is 0 Å². The van der Waals surface area contributed by atoms with E-state index in [0.717, 1.165) is 37.9 Å². The zero-order valence-corrected chi connectivity index (χ0v) is 19.6. The first-order valence-electron chi connectivity index (χ1n) is 11.6. The summed E-state index contributed by atoms with van der Waals surface area (Å²) in [5, 5.41) is 11.3. The first-order chi connectivity index (χ1) is 16.2. The summed E-state index contributed by atoms with van der Waals surface area (Å²) in [7, 11) is 3.53. The van der Waals surface area contributed by atoms with E-state index in [4.69, 9.17) is 4.74 Å². The minimum atomic E-state index is 0.300. The molecule has 2 N–H and O–H groups in total. The van der Waals surface area contributed by atoms with Crippen molar-refractivity contribution in [1.82, 2.24) is 25.3 Å². The number of hydrogen-bond donors (Lipinski definition) is 2. The summed E-state index contributed by atoms with van der Waals surface area (Å²) >= 11 is 0. The van der Waals surface area contributed by atoms with E-state index in [1.165, 1.54) is 29.5 Å². The van der Waals surface area contributed by atoms with Crippen molar-refractivity contribution in [3.8, 4) is 5.75 Å². The van der Waals surface area contributed by atoms with Gasteiger partial charge in [0.1, 0.15) is 5.75 Å². The molecule has 0 radical (unpaired) electrons. The molecule has 2 heterocycles. The summed E-state index contributed by atoms with van der Waals surface area (Å²) in [6.45, 7) is 4.54. The van der Waals surface area contributed by atoms with Gasteiger partial charge in [0.05, 0.1) is 19.7 Å². The standard InChI is InChI=1S/C26H34N6O/c1-27-26(28-18-21-7-5-8-22(17-21)20-32-16-6-13-30-32)29-19-25(31-14-3-4-15-31)23-9-11-24(33-2)12-10-23/h5-13,16-17,25H,3-4,14-15,18-20H2,1-2H3,(H2,27,28,29). The van der Waals surface area contributed by atoms with Crippen LogP contribution >= 0.6 is 0 Å². The molecular formula is C26H34N6O. The van der Waals surface area contributed by atoms with Crippen molar-refractivity contribution in [2.24, 2.45) is 4.99 Å². The molecule has 7 nitrogen and oxygen atoms in total.